The van der Waals surface area contributed by atoms with Crippen LogP contribution < -0.4 is 16.0 Å². The zero-order chi connectivity index (χ0) is 20.4. The Balaban J connectivity index is 1.81. The summed E-state index contributed by atoms with van der Waals surface area (Å²) in [5.74, 6) is 0.760. The molecule has 1 amide bonds. The molecule has 1 saturated heterocycles. The van der Waals surface area contributed by atoms with Crippen LogP contribution in [0.3, 0.4) is 0 Å². The molecule has 1 aliphatic heterocycles. The van der Waals surface area contributed by atoms with Gasteiger partial charge in [-0.05, 0) is 57.7 Å². The van der Waals surface area contributed by atoms with Crippen LogP contribution in [0.1, 0.15) is 35.7 Å². The molecule has 1 atom stereocenters. The molecule has 1 heterocycles. The normalized spacial score (nSPS) is 17.8. The van der Waals surface area contributed by atoms with Crippen molar-refractivity contribution in [1.82, 2.24) is 25.8 Å². The number of likely N-dealkylation sites (N-methyl/N-ethyl adjacent to an activating group) is 2. The maximum Gasteiger partial charge on any atom is 0.251 e. The minimum atomic E-state index is -0.0351. The van der Waals surface area contributed by atoms with Crippen molar-refractivity contribution in [2.24, 2.45) is 4.99 Å². The average Bonchev–Trinajstić information content (AvgIpc) is 3.15. The van der Waals surface area contributed by atoms with E-state index in [0.717, 1.165) is 31.2 Å². The second kappa shape index (κ2) is 11.7. The van der Waals surface area contributed by atoms with Crippen LogP contribution in [0.4, 0.5) is 0 Å². The van der Waals surface area contributed by atoms with Crippen molar-refractivity contribution in [1.29, 1.82) is 0 Å². The molecule has 28 heavy (non-hydrogen) atoms. The average molecular weight is 389 g/mol. The zero-order valence-corrected chi connectivity index (χ0v) is 17.8. The summed E-state index contributed by atoms with van der Waals surface area (Å²) < 4.78 is 0. The number of hydrogen-bond donors (Lipinski definition) is 3. The van der Waals surface area contributed by atoms with Crippen molar-refractivity contribution in [2.75, 3.05) is 53.9 Å². The molecule has 1 aliphatic rings. The fourth-order valence-electron chi connectivity index (χ4n) is 3.48. The number of amides is 1. The molecule has 1 aromatic rings. The summed E-state index contributed by atoms with van der Waals surface area (Å²) in [5, 5.41) is 9.74. The quantitative estimate of drug-likeness (QED) is 0.437. The van der Waals surface area contributed by atoms with Gasteiger partial charge in [0.2, 0.25) is 0 Å². The van der Waals surface area contributed by atoms with E-state index in [0.29, 0.717) is 24.7 Å². The molecule has 0 radical (unpaired) electrons. The number of benzene rings is 1. The van der Waals surface area contributed by atoms with Gasteiger partial charge in [0.05, 0.1) is 0 Å². The highest BCUT2D eigenvalue weighted by Crippen LogP contribution is 2.15. The summed E-state index contributed by atoms with van der Waals surface area (Å²) in [4.78, 5) is 21.2. The Morgan fingerprint density at radius 1 is 1.29 bits per heavy atom. The molecular weight excluding hydrogens is 352 g/mol. The molecule has 7 nitrogen and oxygen atoms in total. The maximum absolute atomic E-state index is 12.3. The van der Waals surface area contributed by atoms with Gasteiger partial charge >= 0.3 is 0 Å². The summed E-state index contributed by atoms with van der Waals surface area (Å²) >= 11 is 0. The van der Waals surface area contributed by atoms with E-state index in [9.17, 15) is 4.79 Å². The Morgan fingerprint density at radius 3 is 2.82 bits per heavy atom. The van der Waals surface area contributed by atoms with Crippen LogP contribution >= 0.6 is 0 Å². The minimum Gasteiger partial charge on any atom is -0.355 e. The number of nitrogens with one attached hydrogen (secondary N) is 3. The molecule has 0 bridgehead atoms. The maximum atomic E-state index is 12.3. The van der Waals surface area contributed by atoms with Crippen molar-refractivity contribution in [2.45, 2.75) is 32.4 Å². The van der Waals surface area contributed by atoms with Gasteiger partial charge in [0.1, 0.15) is 0 Å². The summed E-state index contributed by atoms with van der Waals surface area (Å²) in [6, 6.07) is 8.30. The highest BCUT2D eigenvalue weighted by Gasteiger charge is 2.22. The molecule has 1 unspecified atom stereocenters. The Kier molecular flexibility index (Phi) is 9.23. The van der Waals surface area contributed by atoms with Crippen molar-refractivity contribution in [3.8, 4) is 0 Å². The van der Waals surface area contributed by atoms with Gasteiger partial charge in [0.25, 0.3) is 5.91 Å². The number of likely N-dealkylation sites (tertiary alicyclic amines) is 1. The number of carbonyl (C=O) groups excluding carboxylic acids is 1. The van der Waals surface area contributed by atoms with E-state index >= 15 is 0 Å². The van der Waals surface area contributed by atoms with Crippen molar-refractivity contribution in [3.05, 3.63) is 35.4 Å². The third kappa shape index (κ3) is 7.13. The zero-order valence-electron chi connectivity index (χ0n) is 17.8. The lowest BCUT2D eigenvalue weighted by atomic mass is 10.1. The van der Waals surface area contributed by atoms with E-state index < -0.39 is 0 Å². The van der Waals surface area contributed by atoms with Crippen molar-refractivity contribution in [3.63, 3.8) is 0 Å². The van der Waals surface area contributed by atoms with Crippen molar-refractivity contribution >= 4 is 11.9 Å². The van der Waals surface area contributed by atoms with Gasteiger partial charge < -0.3 is 20.9 Å². The number of rotatable bonds is 9. The standard InChI is InChI=1S/C21H36N6O/c1-5-27-12-7-10-19(27)16-25-21(22-2)24-15-17-8-6-9-18(14-17)20(28)23-11-13-26(3)4/h6,8-9,14,19H,5,7,10-13,15-16H2,1-4H3,(H,23,28)(H2,22,24,25). The molecule has 7 heteroatoms. The molecule has 0 aliphatic carbocycles. The van der Waals surface area contributed by atoms with Gasteiger partial charge in [-0.25, -0.2) is 0 Å². The van der Waals surface area contributed by atoms with Gasteiger partial charge in [0, 0.05) is 44.8 Å². The molecule has 0 aromatic heterocycles. The van der Waals surface area contributed by atoms with E-state index in [4.69, 9.17) is 0 Å². The van der Waals surface area contributed by atoms with Gasteiger partial charge in [-0.1, -0.05) is 19.1 Å². The number of hydrogen-bond acceptors (Lipinski definition) is 4. The molecule has 0 spiro atoms. The predicted octanol–water partition coefficient (Wildman–Crippen LogP) is 1.13. The van der Waals surface area contributed by atoms with E-state index in [-0.39, 0.29) is 5.91 Å². The summed E-state index contributed by atoms with van der Waals surface area (Å²) in [6.07, 6.45) is 2.51. The highest BCUT2D eigenvalue weighted by atomic mass is 16.1. The monoisotopic (exact) mass is 388 g/mol. The molecule has 3 N–H and O–H groups in total. The Morgan fingerprint density at radius 2 is 2.11 bits per heavy atom. The van der Waals surface area contributed by atoms with E-state index in [1.54, 1.807) is 7.05 Å². The second-order valence-corrected chi connectivity index (χ2v) is 7.49. The molecule has 2 rings (SSSR count). The molecule has 156 valence electrons. The van der Waals surface area contributed by atoms with Crippen molar-refractivity contribution < 1.29 is 4.79 Å². The van der Waals surface area contributed by atoms with E-state index in [1.165, 1.54) is 19.4 Å². The first-order valence-corrected chi connectivity index (χ1v) is 10.2. The Bertz CT molecular complexity index is 646. The summed E-state index contributed by atoms with van der Waals surface area (Å²) in [7, 11) is 5.77. The number of carbonyl (C=O) groups is 1. The lowest BCUT2D eigenvalue weighted by molar-refractivity contribution is 0.0951. The third-order valence-electron chi connectivity index (χ3n) is 5.13. The number of nitrogens with zero attached hydrogens (tertiary/aromatic N) is 3. The van der Waals surface area contributed by atoms with Gasteiger partial charge in [-0.2, -0.15) is 0 Å². The molecule has 1 fully saturated rings. The Labute approximate surface area is 169 Å². The fourth-order valence-corrected chi connectivity index (χ4v) is 3.48. The van der Waals surface area contributed by atoms with Crippen LogP contribution in [-0.2, 0) is 6.54 Å². The van der Waals surface area contributed by atoms with Crippen LogP contribution in [0, 0.1) is 0 Å². The van der Waals surface area contributed by atoms with Gasteiger partial charge in [0.15, 0.2) is 5.96 Å². The van der Waals surface area contributed by atoms with Gasteiger partial charge in [-0.3, -0.25) is 14.7 Å². The molecule has 1 aromatic carbocycles. The first kappa shape index (κ1) is 22.2. The summed E-state index contributed by atoms with van der Waals surface area (Å²) in [6.45, 7) is 7.50. The SMILES string of the molecule is CCN1CCCC1CNC(=NC)NCc1cccc(C(=O)NCCN(C)C)c1. The summed E-state index contributed by atoms with van der Waals surface area (Å²) in [5.41, 5.74) is 1.74. The predicted molar refractivity (Wildman–Crippen MR) is 116 cm³/mol. The second-order valence-electron chi connectivity index (χ2n) is 7.49. The lowest BCUT2D eigenvalue weighted by Gasteiger charge is -2.24. The van der Waals surface area contributed by atoms with E-state index in [1.807, 2.05) is 43.3 Å². The van der Waals surface area contributed by atoms with Crippen LogP contribution in [0.15, 0.2) is 29.3 Å². The van der Waals surface area contributed by atoms with Crippen LogP contribution in [0.2, 0.25) is 0 Å². The van der Waals surface area contributed by atoms with Crippen LogP contribution in [0.25, 0.3) is 0 Å². The first-order chi connectivity index (χ1) is 13.5. The minimum absolute atomic E-state index is 0.0351. The first-order valence-electron chi connectivity index (χ1n) is 10.2. The smallest absolute Gasteiger partial charge is 0.251 e. The molecular formula is C21H36N6O. The van der Waals surface area contributed by atoms with Crippen LogP contribution in [-0.4, -0.2) is 81.6 Å². The number of guanidine groups is 1. The largest absolute Gasteiger partial charge is 0.355 e. The number of aliphatic imine (C=N–C) groups is 1. The third-order valence-corrected chi connectivity index (χ3v) is 5.13. The van der Waals surface area contributed by atoms with Crippen LogP contribution in [0.5, 0.6) is 0 Å². The molecule has 0 saturated carbocycles. The highest BCUT2D eigenvalue weighted by molar-refractivity contribution is 5.94. The van der Waals surface area contributed by atoms with E-state index in [2.05, 4.69) is 32.8 Å². The van der Waals surface area contributed by atoms with Gasteiger partial charge in [-0.15, -0.1) is 0 Å². The lowest BCUT2D eigenvalue weighted by Crippen LogP contribution is -2.44. The topological polar surface area (TPSA) is 72.0 Å². The fraction of sp³-hybridized carbons (Fsp3) is 0.619. The Hall–Kier alpha value is -2.12.